The molecule has 0 saturated carbocycles. The predicted molar refractivity (Wildman–Crippen MR) is 57.1 cm³/mol. The van der Waals surface area contributed by atoms with Gasteiger partial charge in [0.15, 0.2) is 0 Å². The SMILES string of the molecule is O=[S+]c1ccccc1.c1ccsc1. The number of rotatable bonds is 1. The van der Waals surface area contributed by atoms with Crippen LogP contribution in [0.1, 0.15) is 0 Å². The lowest BCUT2D eigenvalue weighted by molar-refractivity contribution is 0.605. The van der Waals surface area contributed by atoms with Gasteiger partial charge in [0.25, 0.3) is 4.90 Å². The average Bonchev–Trinajstić information content (AvgIpc) is 2.77. The fourth-order valence-electron chi connectivity index (χ4n) is 0.703. The Hall–Kier alpha value is -1.06. The Morgan fingerprint density at radius 1 is 0.923 bits per heavy atom. The van der Waals surface area contributed by atoms with Crippen LogP contribution in [0, 0.1) is 0 Å². The summed E-state index contributed by atoms with van der Waals surface area (Å²) in [5, 5.41) is 4.08. The van der Waals surface area contributed by atoms with Crippen molar-refractivity contribution in [3.8, 4) is 0 Å². The lowest BCUT2D eigenvalue weighted by atomic mass is 10.4. The minimum absolute atomic E-state index is 0.519. The Bertz CT molecular complexity index is 299. The van der Waals surface area contributed by atoms with Gasteiger partial charge in [-0.3, -0.25) is 0 Å². The summed E-state index contributed by atoms with van der Waals surface area (Å²) in [5.74, 6) is 0. The molecule has 0 bridgehead atoms. The van der Waals surface area contributed by atoms with Crippen molar-refractivity contribution in [3.05, 3.63) is 53.2 Å². The molecule has 0 fully saturated rings. The molecular formula is C10H9OS2+. The van der Waals surface area contributed by atoms with Crippen molar-refractivity contribution in [2.45, 2.75) is 4.90 Å². The Morgan fingerprint density at radius 2 is 1.54 bits per heavy atom. The summed E-state index contributed by atoms with van der Waals surface area (Å²) in [4.78, 5) is 0.771. The normalized spacial score (nSPS) is 8.31. The van der Waals surface area contributed by atoms with E-state index in [4.69, 9.17) is 0 Å². The quantitative estimate of drug-likeness (QED) is 0.659. The second kappa shape index (κ2) is 6.46. The number of hydrogen-bond acceptors (Lipinski definition) is 2. The third-order valence-corrected chi connectivity index (χ3v) is 2.36. The molecule has 0 aliphatic rings. The third-order valence-electron chi connectivity index (χ3n) is 1.26. The van der Waals surface area contributed by atoms with E-state index in [1.165, 1.54) is 0 Å². The van der Waals surface area contributed by atoms with Gasteiger partial charge in [-0.05, 0) is 10.8 Å². The summed E-state index contributed by atoms with van der Waals surface area (Å²) >= 11 is 2.23. The highest BCUT2D eigenvalue weighted by Gasteiger charge is 1.99. The first-order valence-electron chi connectivity index (χ1n) is 3.75. The van der Waals surface area contributed by atoms with Crippen molar-refractivity contribution in [1.29, 1.82) is 0 Å². The average molecular weight is 209 g/mol. The van der Waals surface area contributed by atoms with E-state index >= 15 is 0 Å². The Kier molecular flexibility index (Phi) is 4.98. The van der Waals surface area contributed by atoms with E-state index in [1.807, 2.05) is 41.1 Å². The fourth-order valence-corrected chi connectivity index (χ4v) is 1.42. The van der Waals surface area contributed by atoms with Crippen LogP contribution in [0.2, 0.25) is 0 Å². The molecule has 3 heteroatoms. The van der Waals surface area contributed by atoms with E-state index in [-0.39, 0.29) is 0 Å². The maximum absolute atomic E-state index is 10.0. The Balaban J connectivity index is 0.000000145. The number of hydrogen-bond donors (Lipinski definition) is 0. The minimum atomic E-state index is 0.519. The van der Waals surface area contributed by atoms with Gasteiger partial charge in [-0.25, -0.2) is 0 Å². The first kappa shape index (κ1) is 10.0. The largest absolute Gasteiger partial charge is 0.505 e. The summed E-state index contributed by atoms with van der Waals surface area (Å²) in [6.45, 7) is 0. The molecule has 1 aromatic heterocycles. The molecule has 1 nitrogen and oxygen atoms in total. The van der Waals surface area contributed by atoms with E-state index in [9.17, 15) is 4.21 Å². The van der Waals surface area contributed by atoms with Gasteiger partial charge in [-0.15, -0.1) is 0 Å². The Labute approximate surface area is 85.5 Å². The summed E-state index contributed by atoms with van der Waals surface area (Å²) in [7, 11) is 0. The zero-order valence-electron chi connectivity index (χ0n) is 6.92. The molecule has 0 unspecified atom stereocenters. The van der Waals surface area contributed by atoms with Gasteiger partial charge in [-0.1, -0.05) is 30.3 Å². The summed E-state index contributed by atoms with van der Waals surface area (Å²) < 4.78 is 10.0. The van der Waals surface area contributed by atoms with E-state index < -0.39 is 0 Å². The molecule has 13 heavy (non-hydrogen) atoms. The van der Waals surface area contributed by atoms with Gasteiger partial charge in [0, 0.05) is 16.3 Å². The van der Waals surface area contributed by atoms with Crippen molar-refractivity contribution in [2.75, 3.05) is 0 Å². The van der Waals surface area contributed by atoms with E-state index in [2.05, 4.69) is 0 Å². The van der Waals surface area contributed by atoms with Crippen molar-refractivity contribution in [1.82, 2.24) is 0 Å². The van der Waals surface area contributed by atoms with Crippen LogP contribution in [0.15, 0.2) is 58.1 Å². The van der Waals surface area contributed by atoms with Crippen molar-refractivity contribution < 1.29 is 4.21 Å². The standard InChI is InChI=1S/C6H5OS.C4H4S/c7-8-6-4-2-1-3-5-6;1-2-4-5-3-1/h1-5H;1-4H/q+1;. The molecule has 0 spiro atoms. The Morgan fingerprint density at radius 3 is 1.85 bits per heavy atom. The third kappa shape index (κ3) is 4.50. The topological polar surface area (TPSA) is 17.1 Å². The molecule has 1 aromatic carbocycles. The van der Waals surface area contributed by atoms with Crippen LogP contribution in [0.5, 0.6) is 0 Å². The molecule has 0 aliphatic carbocycles. The number of benzene rings is 1. The lowest BCUT2D eigenvalue weighted by Crippen LogP contribution is -1.66. The van der Waals surface area contributed by atoms with Gasteiger partial charge in [0.05, 0.1) is 0 Å². The maximum atomic E-state index is 10.0. The van der Waals surface area contributed by atoms with Crippen LogP contribution in [0.25, 0.3) is 0 Å². The molecule has 0 aliphatic heterocycles. The second-order valence-electron chi connectivity index (χ2n) is 2.19. The van der Waals surface area contributed by atoms with Gasteiger partial charge in [0.1, 0.15) is 0 Å². The van der Waals surface area contributed by atoms with Crippen molar-refractivity contribution in [3.63, 3.8) is 0 Å². The highest BCUT2D eigenvalue weighted by molar-refractivity contribution is 7.65. The zero-order chi connectivity index (χ0) is 9.36. The molecule has 1 heterocycles. The van der Waals surface area contributed by atoms with E-state index in [0.29, 0.717) is 11.7 Å². The summed E-state index contributed by atoms with van der Waals surface area (Å²) in [5.41, 5.74) is 0. The van der Waals surface area contributed by atoms with E-state index in [1.54, 1.807) is 23.5 Å². The summed E-state index contributed by atoms with van der Waals surface area (Å²) in [6, 6.07) is 13.2. The van der Waals surface area contributed by atoms with Crippen LogP contribution in [-0.4, -0.2) is 0 Å². The molecular weight excluding hydrogens is 200 g/mol. The van der Waals surface area contributed by atoms with Gasteiger partial charge < -0.3 is 0 Å². The molecule has 66 valence electrons. The van der Waals surface area contributed by atoms with Crippen LogP contribution in [-0.2, 0) is 15.9 Å². The van der Waals surface area contributed by atoms with Crippen LogP contribution >= 0.6 is 11.3 Å². The maximum Gasteiger partial charge on any atom is 0.505 e. The van der Waals surface area contributed by atoms with Crippen LogP contribution in [0.3, 0.4) is 0 Å². The zero-order valence-corrected chi connectivity index (χ0v) is 8.55. The summed E-state index contributed by atoms with van der Waals surface area (Å²) in [6.07, 6.45) is 0. The molecule has 0 atom stereocenters. The smallest absolute Gasteiger partial charge is 0.152 e. The molecule has 0 radical (unpaired) electrons. The highest BCUT2D eigenvalue weighted by Crippen LogP contribution is 1.95. The van der Waals surface area contributed by atoms with Crippen LogP contribution in [0.4, 0.5) is 0 Å². The minimum Gasteiger partial charge on any atom is -0.152 e. The van der Waals surface area contributed by atoms with E-state index in [0.717, 1.165) is 4.90 Å². The lowest BCUT2D eigenvalue weighted by Gasteiger charge is -1.70. The van der Waals surface area contributed by atoms with Crippen molar-refractivity contribution in [2.24, 2.45) is 0 Å². The van der Waals surface area contributed by atoms with Gasteiger partial charge >= 0.3 is 11.7 Å². The molecule has 2 rings (SSSR count). The van der Waals surface area contributed by atoms with Gasteiger partial charge in [0.2, 0.25) is 0 Å². The highest BCUT2D eigenvalue weighted by atomic mass is 32.1. The first-order valence-corrected chi connectivity index (χ1v) is 5.44. The molecule has 0 N–H and O–H groups in total. The van der Waals surface area contributed by atoms with Crippen LogP contribution < -0.4 is 0 Å². The molecule has 0 amide bonds. The van der Waals surface area contributed by atoms with Crippen molar-refractivity contribution >= 4 is 23.0 Å². The second-order valence-corrected chi connectivity index (χ2v) is 3.64. The molecule has 2 aromatic rings. The molecule has 0 saturated heterocycles. The number of thiophene rings is 1. The van der Waals surface area contributed by atoms with Gasteiger partial charge in [-0.2, -0.15) is 11.3 Å². The monoisotopic (exact) mass is 209 g/mol. The first-order chi connectivity index (χ1) is 6.43. The predicted octanol–water partition coefficient (Wildman–Crippen LogP) is 3.22. The fraction of sp³-hybridized carbons (Fsp3) is 0.